The van der Waals surface area contributed by atoms with Gasteiger partial charge in [0.25, 0.3) is 0 Å². The topological polar surface area (TPSA) is 65.1 Å². The van der Waals surface area contributed by atoms with Crippen LogP contribution in [-0.2, 0) is 23.8 Å². The van der Waals surface area contributed by atoms with E-state index >= 15 is 0 Å². The van der Waals surface area contributed by atoms with Crippen LogP contribution in [0, 0.1) is 0 Å². The lowest BCUT2D eigenvalue weighted by atomic mass is 9.80. The van der Waals surface area contributed by atoms with Gasteiger partial charge in [-0.1, -0.05) is 29.8 Å². The number of carbonyl (C=O) groups is 2. The minimum Gasteiger partial charge on any atom is -0.456 e. The number of likely N-dealkylation sites (N-methyl/N-ethyl adjacent to an activating group) is 1. The van der Waals surface area contributed by atoms with Gasteiger partial charge in [0.15, 0.2) is 6.29 Å². The number of esters is 2. The molecule has 2 atom stereocenters. The van der Waals surface area contributed by atoms with Crippen molar-refractivity contribution in [3.8, 4) is 0 Å². The van der Waals surface area contributed by atoms with E-state index in [0.717, 1.165) is 11.4 Å². The highest BCUT2D eigenvalue weighted by Gasteiger charge is 2.45. The van der Waals surface area contributed by atoms with Crippen LogP contribution in [0.2, 0.25) is 5.02 Å². The molecule has 0 fully saturated rings. The Labute approximate surface area is 169 Å². The van der Waals surface area contributed by atoms with Crippen LogP contribution in [0.15, 0.2) is 46.8 Å². The molecule has 0 bridgehead atoms. The molecular weight excluding hydrogens is 382 g/mol. The first-order valence-corrected chi connectivity index (χ1v) is 9.73. The third-order valence-corrected chi connectivity index (χ3v) is 5.34. The number of hydrogen-bond donors (Lipinski definition) is 0. The van der Waals surface area contributed by atoms with E-state index in [1.54, 1.807) is 19.1 Å². The zero-order valence-electron chi connectivity index (χ0n) is 16.5. The minimum absolute atomic E-state index is 0.179. The molecular formula is C21H24ClNO5. The number of nitrogens with zero attached hydrogens (tertiary/aromatic N) is 1. The number of allylic oxidation sites excluding steroid dienone is 1. The Balaban J connectivity index is 2.15. The molecule has 0 aliphatic carbocycles. The van der Waals surface area contributed by atoms with E-state index in [1.807, 2.05) is 37.8 Å². The number of halogens is 1. The average molecular weight is 406 g/mol. The van der Waals surface area contributed by atoms with Crippen LogP contribution in [0.25, 0.3) is 0 Å². The van der Waals surface area contributed by atoms with Crippen molar-refractivity contribution in [1.82, 2.24) is 4.90 Å². The average Bonchev–Trinajstić information content (AvgIpc) is 3.03. The molecule has 2 heterocycles. The Kier molecular flexibility index (Phi) is 6.10. The van der Waals surface area contributed by atoms with E-state index in [2.05, 4.69) is 0 Å². The molecule has 150 valence electrons. The third-order valence-electron chi connectivity index (χ3n) is 5.00. The monoisotopic (exact) mass is 405 g/mol. The molecule has 3 rings (SSSR count). The van der Waals surface area contributed by atoms with Gasteiger partial charge in [-0.15, -0.1) is 0 Å². The number of benzene rings is 1. The molecule has 0 aromatic heterocycles. The molecule has 0 amide bonds. The zero-order valence-corrected chi connectivity index (χ0v) is 17.2. The largest absolute Gasteiger partial charge is 0.456 e. The smallest absolute Gasteiger partial charge is 0.339 e. The molecule has 6 nitrogen and oxygen atoms in total. The van der Waals surface area contributed by atoms with E-state index in [4.69, 9.17) is 25.8 Å². The molecule has 1 aromatic carbocycles. The van der Waals surface area contributed by atoms with Crippen molar-refractivity contribution < 1.29 is 23.8 Å². The number of hydrogen-bond acceptors (Lipinski definition) is 6. The van der Waals surface area contributed by atoms with Crippen LogP contribution < -0.4 is 0 Å². The van der Waals surface area contributed by atoms with Gasteiger partial charge in [-0.05, 0) is 39.3 Å². The summed E-state index contributed by atoms with van der Waals surface area (Å²) < 4.78 is 16.2. The van der Waals surface area contributed by atoms with Crippen LogP contribution in [0.4, 0.5) is 0 Å². The summed E-state index contributed by atoms with van der Waals surface area (Å²) >= 11 is 6.45. The minimum atomic E-state index is -0.703. The fourth-order valence-corrected chi connectivity index (χ4v) is 4.06. The van der Waals surface area contributed by atoms with Gasteiger partial charge < -0.3 is 19.1 Å². The maximum absolute atomic E-state index is 13.1. The van der Waals surface area contributed by atoms with Gasteiger partial charge in [-0.3, -0.25) is 0 Å². The summed E-state index contributed by atoms with van der Waals surface area (Å²) in [6, 6.07) is 7.19. The van der Waals surface area contributed by atoms with Gasteiger partial charge in [0.1, 0.15) is 6.61 Å². The molecule has 2 aliphatic heterocycles. The van der Waals surface area contributed by atoms with E-state index in [-0.39, 0.29) is 6.61 Å². The van der Waals surface area contributed by atoms with Crippen LogP contribution in [0.3, 0.4) is 0 Å². The summed E-state index contributed by atoms with van der Waals surface area (Å²) in [6.45, 7) is 8.49. The molecule has 2 aliphatic rings. The maximum Gasteiger partial charge on any atom is 0.339 e. The second-order valence-corrected chi connectivity index (χ2v) is 6.97. The maximum atomic E-state index is 13.1. The zero-order chi connectivity index (χ0) is 20.4. The van der Waals surface area contributed by atoms with Crippen LogP contribution in [-0.4, -0.2) is 42.9 Å². The highest BCUT2D eigenvalue weighted by Crippen LogP contribution is 2.46. The molecule has 1 aromatic rings. The third kappa shape index (κ3) is 3.54. The lowest BCUT2D eigenvalue weighted by Gasteiger charge is -2.35. The number of rotatable bonds is 6. The number of cyclic esters (lactones) is 1. The first-order chi connectivity index (χ1) is 13.4. The van der Waals surface area contributed by atoms with E-state index in [1.165, 1.54) is 0 Å². The molecule has 2 unspecified atom stereocenters. The summed E-state index contributed by atoms with van der Waals surface area (Å²) in [4.78, 5) is 27.7. The second-order valence-electron chi connectivity index (χ2n) is 6.56. The Bertz CT molecular complexity index is 860. The van der Waals surface area contributed by atoms with Crippen molar-refractivity contribution in [2.75, 3.05) is 19.8 Å². The summed E-state index contributed by atoms with van der Waals surface area (Å²) in [6.07, 6.45) is -0.703. The highest BCUT2D eigenvalue weighted by molar-refractivity contribution is 6.31. The van der Waals surface area contributed by atoms with Gasteiger partial charge in [0.2, 0.25) is 0 Å². The summed E-state index contributed by atoms with van der Waals surface area (Å²) in [5, 5.41) is 0.472. The van der Waals surface area contributed by atoms with E-state index < -0.39 is 24.1 Å². The fraction of sp³-hybridized carbons (Fsp3) is 0.429. The Morgan fingerprint density at radius 3 is 2.71 bits per heavy atom. The predicted octanol–water partition coefficient (Wildman–Crippen LogP) is 3.77. The Morgan fingerprint density at radius 2 is 2.07 bits per heavy atom. The number of ether oxygens (including phenoxy) is 3. The number of carbonyl (C=O) groups excluding carboxylic acids is 2. The fourth-order valence-electron chi connectivity index (χ4n) is 3.81. The SMILES string of the molecule is CCOC(C)OC(=O)C1=C(C)N(CC)C2=C(C(=O)OC2)C1c1ccccc1Cl. The molecule has 0 N–H and O–H groups in total. The van der Waals surface area contributed by atoms with Crippen molar-refractivity contribution >= 4 is 23.5 Å². The van der Waals surface area contributed by atoms with Crippen LogP contribution >= 0.6 is 11.6 Å². The predicted molar refractivity (Wildman–Crippen MR) is 104 cm³/mol. The molecule has 0 saturated heterocycles. The lowest BCUT2D eigenvalue weighted by Crippen LogP contribution is -2.34. The van der Waals surface area contributed by atoms with Gasteiger partial charge in [-0.25, -0.2) is 9.59 Å². The first-order valence-electron chi connectivity index (χ1n) is 9.36. The van der Waals surface area contributed by atoms with Gasteiger partial charge in [0, 0.05) is 23.9 Å². The van der Waals surface area contributed by atoms with Crippen LogP contribution in [0.5, 0.6) is 0 Å². The standard InChI is InChI=1S/C21H24ClNO5/c1-5-23-12(3)17(21(25)28-13(4)26-6-2)18(14-9-7-8-10-15(14)22)19-16(23)11-27-20(19)24/h7-10,13,18H,5-6,11H2,1-4H3. The van der Waals surface area contributed by atoms with Gasteiger partial charge in [-0.2, -0.15) is 0 Å². The summed E-state index contributed by atoms with van der Waals surface area (Å²) in [7, 11) is 0. The van der Waals surface area contributed by atoms with Crippen molar-refractivity contribution in [1.29, 1.82) is 0 Å². The quantitative estimate of drug-likeness (QED) is 0.530. The highest BCUT2D eigenvalue weighted by atomic mass is 35.5. The summed E-state index contributed by atoms with van der Waals surface area (Å²) in [5.41, 5.74) is 2.97. The molecule has 0 saturated carbocycles. The van der Waals surface area contributed by atoms with E-state index in [9.17, 15) is 9.59 Å². The molecule has 0 spiro atoms. The molecule has 28 heavy (non-hydrogen) atoms. The van der Waals surface area contributed by atoms with Crippen molar-refractivity contribution in [2.24, 2.45) is 0 Å². The van der Waals surface area contributed by atoms with Crippen LogP contribution in [0.1, 0.15) is 39.2 Å². The van der Waals surface area contributed by atoms with Gasteiger partial charge >= 0.3 is 11.9 Å². The lowest BCUT2D eigenvalue weighted by molar-refractivity contribution is -0.169. The Hall–Kier alpha value is -2.31. The summed E-state index contributed by atoms with van der Waals surface area (Å²) in [5.74, 6) is -1.62. The van der Waals surface area contributed by atoms with Crippen molar-refractivity contribution in [3.63, 3.8) is 0 Å². The second kappa shape index (κ2) is 8.37. The van der Waals surface area contributed by atoms with Crippen molar-refractivity contribution in [2.45, 2.75) is 39.9 Å². The van der Waals surface area contributed by atoms with E-state index in [0.29, 0.717) is 34.9 Å². The molecule has 7 heteroatoms. The normalized spacial score (nSPS) is 20.2. The first kappa shape index (κ1) is 20.4. The Morgan fingerprint density at radius 1 is 1.36 bits per heavy atom. The molecule has 0 radical (unpaired) electrons. The van der Waals surface area contributed by atoms with Gasteiger partial charge in [0.05, 0.1) is 22.8 Å². The van der Waals surface area contributed by atoms with Crippen molar-refractivity contribution in [3.05, 3.63) is 57.4 Å².